The van der Waals surface area contributed by atoms with Crippen LogP contribution in [0.1, 0.15) is 38.1 Å². The molecule has 0 atom stereocenters. The minimum absolute atomic E-state index is 0.242. The van der Waals surface area contributed by atoms with Crippen molar-refractivity contribution in [3.63, 3.8) is 0 Å². The molecule has 0 heterocycles. The van der Waals surface area contributed by atoms with E-state index in [0.717, 1.165) is 0 Å². The molecule has 0 aromatic heterocycles. The van der Waals surface area contributed by atoms with E-state index in [9.17, 15) is 4.79 Å². The van der Waals surface area contributed by atoms with Gasteiger partial charge in [-0.2, -0.15) is 0 Å². The van der Waals surface area contributed by atoms with Crippen LogP contribution in [0.3, 0.4) is 0 Å². The summed E-state index contributed by atoms with van der Waals surface area (Å²) in [6, 6.07) is 6.58. The van der Waals surface area contributed by atoms with E-state index in [-0.39, 0.29) is 5.56 Å². The molecule has 1 rings (SSSR count). The third-order valence-corrected chi connectivity index (χ3v) is 1.52. The Hall–Kier alpha value is -0.960. The minimum atomic E-state index is -0.939. The number of hydrogen-bond acceptors (Lipinski definition) is 2. The van der Waals surface area contributed by atoms with Crippen LogP contribution in [-0.4, -0.2) is 11.1 Å². The number of carboxylic acids is 1. The lowest BCUT2D eigenvalue weighted by Gasteiger charge is -1.95. The van der Waals surface area contributed by atoms with Gasteiger partial charge in [-0.1, -0.05) is 39.8 Å². The number of hydrogen-bond donors (Lipinski definition) is 2. The van der Waals surface area contributed by atoms with Crippen LogP contribution in [0.2, 0.25) is 0 Å². The smallest absolute Gasteiger partial charge is 0.336 e. The summed E-state index contributed by atoms with van der Waals surface area (Å²) < 4.78 is 0. The Morgan fingerprint density at radius 3 is 1.86 bits per heavy atom. The van der Waals surface area contributed by atoms with E-state index in [4.69, 9.17) is 5.11 Å². The second-order valence-corrected chi connectivity index (χ2v) is 2.30. The highest BCUT2D eigenvalue weighted by atomic mass is 32.1. The second kappa shape index (κ2) is 10.1. The van der Waals surface area contributed by atoms with Crippen molar-refractivity contribution in [1.29, 1.82) is 0 Å². The molecule has 14 heavy (non-hydrogen) atoms. The third-order valence-electron chi connectivity index (χ3n) is 1.13. The van der Waals surface area contributed by atoms with Gasteiger partial charge in [-0.3, -0.25) is 0 Å². The van der Waals surface area contributed by atoms with E-state index in [1.807, 2.05) is 27.7 Å². The Morgan fingerprint density at radius 1 is 1.14 bits per heavy atom. The lowest BCUT2D eigenvalue weighted by atomic mass is 10.2. The van der Waals surface area contributed by atoms with Gasteiger partial charge in [-0.05, 0) is 12.1 Å². The molecule has 0 saturated carbocycles. The van der Waals surface area contributed by atoms with Crippen LogP contribution < -0.4 is 0 Å². The molecule has 0 spiro atoms. The molecule has 0 aliphatic carbocycles. The van der Waals surface area contributed by atoms with Gasteiger partial charge in [-0.25, -0.2) is 4.79 Å². The number of thiol groups is 1. The van der Waals surface area contributed by atoms with E-state index in [0.29, 0.717) is 4.90 Å². The first kappa shape index (κ1) is 15.5. The average molecular weight is 214 g/mol. The molecule has 0 radical (unpaired) electrons. The van der Waals surface area contributed by atoms with Crippen LogP contribution in [0.25, 0.3) is 0 Å². The Morgan fingerprint density at radius 2 is 1.57 bits per heavy atom. The number of benzene rings is 1. The molecule has 0 aliphatic rings. The zero-order chi connectivity index (χ0) is 11.6. The van der Waals surface area contributed by atoms with Gasteiger partial charge in [-0.15, -0.1) is 12.6 Å². The third kappa shape index (κ3) is 5.65. The van der Waals surface area contributed by atoms with Crippen molar-refractivity contribution < 1.29 is 9.90 Å². The molecule has 0 unspecified atom stereocenters. The van der Waals surface area contributed by atoms with Crippen molar-refractivity contribution >= 4 is 18.6 Å². The summed E-state index contributed by atoms with van der Waals surface area (Å²) in [4.78, 5) is 10.9. The molecule has 3 heteroatoms. The molecular weight excluding hydrogens is 196 g/mol. The van der Waals surface area contributed by atoms with E-state index < -0.39 is 5.97 Å². The number of carboxylic acid groups (broad SMARTS) is 1. The van der Waals surface area contributed by atoms with E-state index in [1.165, 1.54) is 6.07 Å². The highest BCUT2D eigenvalue weighted by Gasteiger charge is 2.03. The minimum Gasteiger partial charge on any atom is -0.478 e. The van der Waals surface area contributed by atoms with Gasteiger partial charge in [0, 0.05) is 4.90 Å². The monoisotopic (exact) mass is 214 g/mol. The zero-order valence-electron chi connectivity index (χ0n) is 9.11. The molecule has 1 N–H and O–H groups in total. The molecule has 0 fully saturated rings. The van der Waals surface area contributed by atoms with Crippen LogP contribution >= 0.6 is 12.6 Å². The molecule has 0 bridgehead atoms. The Labute approximate surface area is 91.4 Å². The maximum atomic E-state index is 10.4. The maximum absolute atomic E-state index is 10.4. The van der Waals surface area contributed by atoms with Gasteiger partial charge in [0.05, 0.1) is 5.56 Å². The fraction of sp³-hybridized carbons (Fsp3) is 0.364. The SMILES string of the molecule is CC.CC.O=C(O)c1ccccc1S. The van der Waals surface area contributed by atoms with Crippen LogP contribution in [-0.2, 0) is 0 Å². The fourth-order valence-electron chi connectivity index (χ4n) is 0.654. The quantitative estimate of drug-likeness (QED) is 0.699. The molecular formula is C11H18O2S. The number of rotatable bonds is 1. The summed E-state index contributed by atoms with van der Waals surface area (Å²) >= 11 is 3.96. The second-order valence-electron chi connectivity index (χ2n) is 1.82. The van der Waals surface area contributed by atoms with Gasteiger partial charge >= 0.3 is 5.97 Å². The average Bonchev–Trinajstić information content (AvgIpc) is 2.24. The largest absolute Gasteiger partial charge is 0.478 e. The van der Waals surface area contributed by atoms with Crippen molar-refractivity contribution in [1.82, 2.24) is 0 Å². The topological polar surface area (TPSA) is 37.3 Å². The maximum Gasteiger partial charge on any atom is 0.336 e. The summed E-state index contributed by atoms with van der Waals surface area (Å²) in [5.74, 6) is -0.939. The molecule has 0 aliphatic heterocycles. The zero-order valence-corrected chi connectivity index (χ0v) is 10.0. The predicted molar refractivity (Wildman–Crippen MR) is 63.3 cm³/mol. The van der Waals surface area contributed by atoms with Gasteiger partial charge in [0.2, 0.25) is 0 Å². The number of aromatic carboxylic acids is 1. The first-order chi connectivity index (χ1) is 6.72. The van der Waals surface area contributed by atoms with Crippen LogP contribution in [0.15, 0.2) is 29.2 Å². The summed E-state index contributed by atoms with van der Waals surface area (Å²) in [6.07, 6.45) is 0. The molecule has 0 amide bonds. The predicted octanol–water partition coefficient (Wildman–Crippen LogP) is 3.73. The first-order valence-corrected chi connectivity index (χ1v) is 5.18. The molecule has 2 nitrogen and oxygen atoms in total. The summed E-state index contributed by atoms with van der Waals surface area (Å²) in [5.41, 5.74) is 0.242. The van der Waals surface area contributed by atoms with E-state index in [2.05, 4.69) is 12.6 Å². The Kier molecular flexibility index (Phi) is 11.2. The van der Waals surface area contributed by atoms with Crippen molar-refractivity contribution in [2.24, 2.45) is 0 Å². The van der Waals surface area contributed by atoms with E-state index >= 15 is 0 Å². The standard InChI is InChI=1S/C7H6O2S.2C2H6/c8-7(9)5-3-1-2-4-6(5)10;2*1-2/h1-4,10H,(H,8,9);2*1-2H3. The molecule has 0 saturated heterocycles. The molecule has 80 valence electrons. The fourth-order valence-corrected chi connectivity index (χ4v) is 0.911. The van der Waals surface area contributed by atoms with Gasteiger partial charge < -0.3 is 5.11 Å². The summed E-state index contributed by atoms with van der Waals surface area (Å²) in [7, 11) is 0. The normalized spacial score (nSPS) is 7.50. The van der Waals surface area contributed by atoms with Gasteiger partial charge in [0.25, 0.3) is 0 Å². The summed E-state index contributed by atoms with van der Waals surface area (Å²) in [5, 5.41) is 8.52. The molecule has 1 aromatic rings. The lowest BCUT2D eigenvalue weighted by molar-refractivity contribution is 0.0693. The van der Waals surface area contributed by atoms with Crippen molar-refractivity contribution in [2.45, 2.75) is 32.6 Å². The van der Waals surface area contributed by atoms with Crippen molar-refractivity contribution in [3.05, 3.63) is 29.8 Å². The van der Waals surface area contributed by atoms with Crippen molar-refractivity contribution in [3.8, 4) is 0 Å². The van der Waals surface area contributed by atoms with Crippen LogP contribution in [0.4, 0.5) is 0 Å². The summed E-state index contributed by atoms with van der Waals surface area (Å²) in [6.45, 7) is 8.00. The Bertz CT molecular complexity index is 259. The lowest BCUT2D eigenvalue weighted by Crippen LogP contribution is -1.96. The van der Waals surface area contributed by atoms with Gasteiger partial charge in [0.15, 0.2) is 0 Å². The van der Waals surface area contributed by atoms with E-state index in [1.54, 1.807) is 18.2 Å². The Balaban J connectivity index is 0. The molecule has 1 aromatic carbocycles. The van der Waals surface area contributed by atoms with Gasteiger partial charge in [0.1, 0.15) is 0 Å². The first-order valence-electron chi connectivity index (χ1n) is 4.73. The van der Waals surface area contributed by atoms with Crippen LogP contribution in [0, 0.1) is 0 Å². The number of carbonyl (C=O) groups is 1. The highest BCUT2D eigenvalue weighted by molar-refractivity contribution is 7.80. The highest BCUT2D eigenvalue weighted by Crippen LogP contribution is 2.11. The van der Waals surface area contributed by atoms with Crippen LogP contribution in [0.5, 0.6) is 0 Å². The van der Waals surface area contributed by atoms with Crippen molar-refractivity contribution in [2.75, 3.05) is 0 Å².